The molecule has 182 valence electrons. The molecule has 0 heterocycles. The molecule has 0 bridgehead atoms. The Bertz CT molecular complexity index is 841. The molecule has 0 fully saturated rings. The fourth-order valence-electron chi connectivity index (χ4n) is 2.67. The SMILES string of the molecule is NC(CCC(=O)O)C(=O)NC(CS)C(=O)NC(Cc1ccccc1)C(=O)NC(CS)C(=O)O. The van der Waals surface area contributed by atoms with Crippen molar-refractivity contribution >= 4 is 54.9 Å². The van der Waals surface area contributed by atoms with E-state index in [0.29, 0.717) is 5.56 Å². The number of carboxylic acid groups (broad SMARTS) is 2. The van der Waals surface area contributed by atoms with Gasteiger partial charge >= 0.3 is 11.9 Å². The number of nitrogens with one attached hydrogen (secondary N) is 3. The van der Waals surface area contributed by atoms with Crippen LogP contribution in [0.25, 0.3) is 0 Å². The van der Waals surface area contributed by atoms with Crippen LogP contribution in [0.3, 0.4) is 0 Å². The van der Waals surface area contributed by atoms with Gasteiger partial charge in [-0.2, -0.15) is 25.3 Å². The number of aliphatic carboxylic acids is 2. The molecule has 0 saturated carbocycles. The highest BCUT2D eigenvalue weighted by Crippen LogP contribution is 2.06. The van der Waals surface area contributed by atoms with Gasteiger partial charge in [0.2, 0.25) is 17.7 Å². The van der Waals surface area contributed by atoms with Crippen LogP contribution in [0, 0.1) is 0 Å². The zero-order valence-electron chi connectivity index (χ0n) is 17.6. The lowest BCUT2D eigenvalue weighted by molar-refractivity contribution is -0.141. The number of hydrogen-bond acceptors (Lipinski definition) is 8. The monoisotopic (exact) mass is 500 g/mol. The quantitative estimate of drug-likeness (QED) is 0.147. The molecule has 1 aromatic carbocycles. The highest BCUT2D eigenvalue weighted by Gasteiger charge is 2.29. The van der Waals surface area contributed by atoms with Crippen LogP contribution in [-0.2, 0) is 30.4 Å². The number of thiol groups is 2. The van der Waals surface area contributed by atoms with E-state index in [9.17, 15) is 29.1 Å². The van der Waals surface area contributed by atoms with Gasteiger partial charge in [-0.15, -0.1) is 0 Å². The highest BCUT2D eigenvalue weighted by molar-refractivity contribution is 7.80. The van der Waals surface area contributed by atoms with E-state index in [1.54, 1.807) is 30.3 Å². The Kier molecular flexibility index (Phi) is 12.3. The van der Waals surface area contributed by atoms with E-state index in [0.717, 1.165) is 0 Å². The number of carbonyl (C=O) groups is 5. The topological polar surface area (TPSA) is 188 Å². The van der Waals surface area contributed by atoms with Gasteiger partial charge in [0.25, 0.3) is 0 Å². The molecule has 3 amide bonds. The van der Waals surface area contributed by atoms with Crippen LogP contribution in [0.2, 0.25) is 0 Å². The first kappa shape index (κ1) is 28.3. The van der Waals surface area contributed by atoms with Gasteiger partial charge in [-0.3, -0.25) is 19.2 Å². The largest absolute Gasteiger partial charge is 0.481 e. The second kappa shape index (κ2) is 14.4. The molecule has 0 saturated heterocycles. The Balaban J connectivity index is 2.92. The van der Waals surface area contributed by atoms with Crippen molar-refractivity contribution in [1.82, 2.24) is 16.0 Å². The number of carbonyl (C=O) groups excluding carboxylic acids is 3. The molecule has 0 aliphatic rings. The molecule has 0 aromatic heterocycles. The van der Waals surface area contributed by atoms with Gasteiger partial charge in [-0.1, -0.05) is 30.3 Å². The van der Waals surface area contributed by atoms with Crippen molar-refractivity contribution in [3.05, 3.63) is 35.9 Å². The molecule has 0 aliphatic heterocycles. The van der Waals surface area contributed by atoms with E-state index >= 15 is 0 Å². The fourth-order valence-corrected chi connectivity index (χ4v) is 3.18. The first-order chi connectivity index (χ1) is 15.6. The third-order valence-corrected chi connectivity index (χ3v) is 5.26. The molecular formula is C20H28N4O7S2. The molecule has 4 atom stereocenters. The third kappa shape index (κ3) is 10.1. The summed E-state index contributed by atoms with van der Waals surface area (Å²) >= 11 is 7.97. The molecule has 1 rings (SSSR count). The minimum Gasteiger partial charge on any atom is -0.481 e. The maximum Gasteiger partial charge on any atom is 0.327 e. The predicted octanol–water partition coefficient (Wildman–Crippen LogP) is -1.18. The number of carboxylic acids is 2. The summed E-state index contributed by atoms with van der Waals surface area (Å²) in [6, 6.07) is 4.01. The lowest BCUT2D eigenvalue weighted by Gasteiger charge is -2.24. The van der Waals surface area contributed by atoms with Gasteiger partial charge in [-0.05, 0) is 12.0 Å². The van der Waals surface area contributed by atoms with Crippen molar-refractivity contribution in [2.75, 3.05) is 11.5 Å². The van der Waals surface area contributed by atoms with Crippen LogP contribution in [0.1, 0.15) is 18.4 Å². The maximum atomic E-state index is 12.8. The van der Waals surface area contributed by atoms with E-state index in [2.05, 4.69) is 41.2 Å². The molecular weight excluding hydrogens is 472 g/mol. The van der Waals surface area contributed by atoms with Crippen LogP contribution in [0.5, 0.6) is 0 Å². The molecule has 0 spiro atoms. The summed E-state index contributed by atoms with van der Waals surface area (Å²) in [6.07, 6.45) is -0.383. The van der Waals surface area contributed by atoms with Gasteiger partial charge in [0.1, 0.15) is 18.1 Å². The molecule has 0 radical (unpaired) electrons. The average Bonchev–Trinajstić information content (AvgIpc) is 2.78. The Labute approximate surface area is 201 Å². The molecule has 13 heteroatoms. The summed E-state index contributed by atoms with van der Waals surface area (Å²) in [5, 5.41) is 25.1. The van der Waals surface area contributed by atoms with Gasteiger partial charge in [-0.25, -0.2) is 4.79 Å². The average molecular weight is 501 g/mol. The van der Waals surface area contributed by atoms with Crippen molar-refractivity contribution in [3.63, 3.8) is 0 Å². The summed E-state index contributed by atoms with van der Waals surface area (Å²) in [6.45, 7) is 0. The zero-order valence-corrected chi connectivity index (χ0v) is 19.4. The summed E-state index contributed by atoms with van der Waals surface area (Å²) in [4.78, 5) is 59.6. The normalized spacial score (nSPS) is 14.3. The van der Waals surface area contributed by atoms with Crippen molar-refractivity contribution in [3.8, 4) is 0 Å². The summed E-state index contributed by atoms with van der Waals surface area (Å²) in [5.41, 5.74) is 6.37. The van der Waals surface area contributed by atoms with Crippen LogP contribution in [0.15, 0.2) is 30.3 Å². The first-order valence-corrected chi connectivity index (χ1v) is 11.2. The number of rotatable bonds is 14. The van der Waals surface area contributed by atoms with Crippen molar-refractivity contribution in [2.24, 2.45) is 5.73 Å². The summed E-state index contributed by atoms with van der Waals surface area (Å²) in [5.74, 6) is -4.89. The molecule has 4 unspecified atom stereocenters. The van der Waals surface area contributed by atoms with Gasteiger partial charge < -0.3 is 31.9 Å². The van der Waals surface area contributed by atoms with E-state index in [1.165, 1.54) is 0 Å². The van der Waals surface area contributed by atoms with Crippen LogP contribution < -0.4 is 21.7 Å². The summed E-state index contributed by atoms with van der Waals surface area (Å²) in [7, 11) is 0. The predicted molar refractivity (Wildman–Crippen MR) is 126 cm³/mol. The Morgan fingerprint density at radius 2 is 1.33 bits per heavy atom. The second-order valence-electron chi connectivity index (χ2n) is 7.12. The summed E-state index contributed by atoms with van der Waals surface area (Å²) < 4.78 is 0. The van der Waals surface area contributed by atoms with Gasteiger partial charge in [0.15, 0.2) is 0 Å². The van der Waals surface area contributed by atoms with Crippen LogP contribution in [0.4, 0.5) is 0 Å². The van der Waals surface area contributed by atoms with E-state index in [-0.39, 0.29) is 30.8 Å². The number of amides is 3. The fraction of sp³-hybridized carbons (Fsp3) is 0.450. The number of hydrogen-bond donors (Lipinski definition) is 8. The lowest BCUT2D eigenvalue weighted by Crippen LogP contribution is -2.58. The number of nitrogens with two attached hydrogens (primary N) is 1. The minimum absolute atomic E-state index is 0.0582. The van der Waals surface area contributed by atoms with Gasteiger partial charge in [0, 0.05) is 24.3 Å². The van der Waals surface area contributed by atoms with Crippen molar-refractivity contribution in [2.45, 2.75) is 43.4 Å². The molecule has 1 aromatic rings. The van der Waals surface area contributed by atoms with E-state index in [4.69, 9.17) is 10.8 Å². The van der Waals surface area contributed by atoms with E-state index in [1.807, 2.05) is 0 Å². The standard InChI is InChI=1S/C20H28N4O7S2/c21-12(6-7-16(25)26)17(27)23-14(9-32)19(29)22-13(8-11-4-2-1-3-5-11)18(28)24-15(10-33)20(30)31/h1-5,12-15,32-33H,6-10,21H2,(H,22,29)(H,23,27)(H,24,28)(H,25,26)(H,30,31). The number of benzene rings is 1. The lowest BCUT2D eigenvalue weighted by atomic mass is 10.0. The molecule has 7 N–H and O–H groups in total. The van der Waals surface area contributed by atoms with Crippen molar-refractivity contribution < 1.29 is 34.2 Å². The third-order valence-electron chi connectivity index (χ3n) is 4.53. The minimum atomic E-state index is -1.28. The first-order valence-electron chi connectivity index (χ1n) is 9.96. The Morgan fingerprint density at radius 1 is 0.818 bits per heavy atom. The molecule has 0 aliphatic carbocycles. The Hall–Kier alpha value is -2.77. The van der Waals surface area contributed by atoms with Crippen LogP contribution >= 0.6 is 25.3 Å². The van der Waals surface area contributed by atoms with Crippen molar-refractivity contribution in [1.29, 1.82) is 0 Å². The molecule has 33 heavy (non-hydrogen) atoms. The second-order valence-corrected chi connectivity index (χ2v) is 7.85. The molecule has 11 nitrogen and oxygen atoms in total. The zero-order chi connectivity index (χ0) is 25.0. The smallest absolute Gasteiger partial charge is 0.327 e. The van der Waals surface area contributed by atoms with E-state index < -0.39 is 53.8 Å². The Morgan fingerprint density at radius 3 is 1.85 bits per heavy atom. The van der Waals surface area contributed by atoms with Crippen LogP contribution in [-0.4, -0.2) is 75.5 Å². The highest BCUT2D eigenvalue weighted by atomic mass is 32.1. The van der Waals surface area contributed by atoms with Gasteiger partial charge in [0.05, 0.1) is 6.04 Å². The maximum absolute atomic E-state index is 12.8.